The highest BCUT2D eigenvalue weighted by atomic mass is 35.5. The van der Waals surface area contributed by atoms with E-state index >= 15 is 0 Å². The third kappa shape index (κ3) is 4.92. The lowest BCUT2D eigenvalue weighted by molar-refractivity contribution is 0.293. The van der Waals surface area contributed by atoms with Gasteiger partial charge in [0.25, 0.3) is 0 Å². The van der Waals surface area contributed by atoms with Gasteiger partial charge < -0.3 is 9.26 Å². The molecule has 0 unspecified atom stereocenters. The SMILES string of the molecule is Clc1ccccc1OCc1nnc(SCc2nc(-c3ccccc3)no2)n1-c1ccccc1. The van der Waals surface area contributed by atoms with Gasteiger partial charge in [0.05, 0.1) is 10.8 Å². The summed E-state index contributed by atoms with van der Waals surface area (Å²) < 4.78 is 13.3. The van der Waals surface area contributed by atoms with E-state index in [-0.39, 0.29) is 6.61 Å². The van der Waals surface area contributed by atoms with Crippen molar-refractivity contribution in [1.29, 1.82) is 0 Å². The number of halogens is 1. The number of hydrogen-bond donors (Lipinski definition) is 0. The van der Waals surface area contributed by atoms with Gasteiger partial charge in [0.2, 0.25) is 11.7 Å². The molecule has 0 saturated carbocycles. The summed E-state index contributed by atoms with van der Waals surface area (Å²) in [5, 5.41) is 14.1. The Labute approximate surface area is 199 Å². The molecule has 0 saturated heterocycles. The van der Waals surface area contributed by atoms with Gasteiger partial charge in [-0.3, -0.25) is 4.57 Å². The zero-order valence-electron chi connectivity index (χ0n) is 17.3. The molecule has 7 nitrogen and oxygen atoms in total. The van der Waals surface area contributed by atoms with Crippen LogP contribution in [-0.2, 0) is 12.4 Å². The highest BCUT2D eigenvalue weighted by molar-refractivity contribution is 7.98. The summed E-state index contributed by atoms with van der Waals surface area (Å²) in [6.07, 6.45) is 0. The molecule has 0 aliphatic rings. The van der Waals surface area contributed by atoms with Gasteiger partial charge >= 0.3 is 0 Å². The van der Waals surface area contributed by atoms with Crippen LogP contribution >= 0.6 is 23.4 Å². The maximum Gasteiger partial charge on any atom is 0.237 e. The number of aromatic nitrogens is 5. The van der Waals surface area contributed by atoms with Crippen LogP contribution in [0.4, 0.5) is 0 Å². The Morgan fingerprint density at radius 2 is 1.61 bits per heavy atom. The number of thioether (sulfide) groups is 1. The highest BCUT2D eigenvalue weighted by Gasteiger charge is 2.17. The van der Waals surface area contributed by atoms with Crippen molar-refractivity contribution in [2.75, 3.05) is 0 Å². The molecule has 0 aliphatic carbocycles. The fourth-order valence-electron chi connectivity index (χ4n) is 3.17. The average Bonchev–Trinajstić information content (AvgIpc) is 3.50. The van der Waals surface area contributed by atoms with Crippen LogP contribution in [0.15, 0.2) is 94.6 Å². The van der Waals surface area contributed by atoms with Gasteiger partial charge in [0, 0.05) is 11.3 Å². The lowest BCUT2D eigenvalue weighted by Gasteiger charge is -2.11. The molecule has 0 aliphatic heterocycles. The summed E-state index contributed by atoms with van der Waals surface area (Å²) >= 11 is 7.68. The smallest absolute Gasteiger partial charge is 0.237 e. The maximum atomic E-state index is 6.22. The first-order valence-electron chi connectivity index (χ1n) is 10.2. The van der Waals surface area contributed by atoms with E-state index in [1.807, 2.05) is 83.4 Å². The zero-order valence-corrected chi connectivity index (χ0v) is 18.9. The van der Waals surface area contributed by atoms with Crippen LogP contribution in [0.5, 0.6) is 5.75 Å². The summed E-state index contributed by atoms with van der Waals surface area (Å²) in [6.45, 7) is 0.213. The number of hydrogen-bond acceptors (Lipinski definition) is 7. The maximum absolute atomic E-state index is 6.22. The molecular weight excluding hydrogens is 458 g/mol. The lowest BCUT2D eigenvalue weighted by Crippen LogP contribution is -2.06. The number of benzene rings is 3. The third-order valence-corrected chi connectivity index (χ3v) is 5.96. The molecule has 2 heterocycles. The molecule has 0 bridgehead atoms. The van der Waals surface area contributed by atoms with E-state index in [2.05, 4.69) is 20.3 Å². The Morgan fingerprint density at radius 1 is 0.879 bits per heavy atom. The Bertz CT molecular complexity index is 1340. The molecule has 2 aromatic heterocycles. The van der Waals surface area contributed by atoms with Crippen LogP contribution < -0.4 is 4.74 Å². The molecule has 0 radical (unpaired) electrons. The Kier molecular flexibility index (Phi) is 6.37. The van der Waals surface area contributed by atoms with Gasteiger partial charge in [0.15, 0.2) is 11.0 Å². The van der Waals surface area contributed by atoms with Crippen molar-refractivity contribution in [1.82, 2.24) is 24.9 Å². The summed E-state index contributed by atoms with van der Waals surface area (Å²) in [6, 6.07) is 26.9. The first-order valence-corrected chi connectivity index (χ1v) is 11.5. The minimum atomic E-state index is 0.213. The van der Waals surface area contributed by atoms with Crippen LogP contribution in [-0.4, -0.2) is 24.9 Å². The predicted octanol–water partition coefficient (Wildman–Crippen LogP) is 5.84. The van der Waals surface area contributed by atoms with Crippen molar-refractivity contribution < 1.29 is 9.26 Å². The Morgan fingerprint density at radius 3 is 2.39 bits per heavy atom. The largest absolute Gasteiger partial charge is 0.484 e. The van der Waals surface area contributed by atoms with Crippen molar-refractivity contribution in [2.24, 2.45) is 0 Å². The number of rotatable bonds is 8. The predicted molar refractivity (Wildman–Crippen MR) is 126 cm³/mol. The van der Waals surface area contributed by atoms with Crippen molar-refractivity contribution >= 4 is 23.4 Å². The fraction of sp³-hybridized carbons (Fsp3) is 0.0833. The van der Waals surface area contributed by atoms with Crippen molar-refractivity contribution in [3.05, 3.63) is 102 Å². The zero-order chi connectivity index (χ0) is 22.5. The average molecular weight is 476 g/mol. The summed E-state index contributed by atoms with van der Waals surface area (Å²) in [4.78, 5) is 4.50. The summed E-state index contributed by atoms with van der Waals surface area (Å²) in [5.41, 5.74) is 1.84. The van der Waals surface area contributed by atoms with Crippen LogP contribution in [0.1, 0.15) is 11.7 Å². The normalized spacial score (nSPS) is 10.9. The molecule has 0 atom stereocenters. The molecule has 0 amide bonds. The standard InChI is InChI=1S/C24H18ClN5O2S/c25-19-13-7-8-14-20(19)31-15-21-27-28-24(30(21)18-11-5-2-6-12-18)33-16-22-26-23(29-32-22)17-9-3-1-4-10-17/h1-14H,15-16H2. The molecule has 33 heavy (non-hydrogen) atoms. The van der Waals surface area contributed by atoms with Gasteiger partial charge in [-0.15, -0.1) is 10.2 Å². The van der Waals surface area contributed by atoms with E-state index in [4.69, 9.17) is 20.9 Å². The van der Waals surface area contributed by atoms with Crippen LogP contribution in [0, 0.1) is 0 Å². The third-order valence-electron chi connectivity index (χ3n) is 4.73. The molecular formula is C24H18ClN5O2S. The monoisotopic (exact) mass is 475 g/mol. The van der Waals surface area contributed by atoms with Gasteiger partial charge in [0.1, 0.15) is 12.4 Å². The second-order valence-electron chi connectivity index (χ2n) is 6.96. The van der Waals surface area contributed by atoms with Crippen molar-refractivity contribution in [3.63, 3.8) is 0 Å². The second-order valence-corrected chi connectivity index (χ2v) is 8.30. The first-order chi connectivity index (χ1) is 16.3. The van der Waals surface area contributed by atoms with Crippen LogP contribution in [0.2, 0.25) is 5.02 Å². The number of nitrogens with zero attached hydrogens (tertiary/aromatic N) is 5. The highest BCUT2D eigenvalue weighted by Crippen LogP contribution is 2.28. The van der Waals surface area contributed by atoms with E-state index in [9.17, 15) is 0 Å². The molecule has 5 rings (SSSR count). The van der Waals surface area contributed by atoms with Gasteiger partial charge in [-0.1, -0.05) is 89.2 Å². The molecule has 164 valence electrons. The van der Waals surface area contributed by atoms with Crippen molar-refractivity contribution in [3.8, 4) is 22.8 Å². The Hall–Kier alpha value is -3.62. The summed E-state index contributed by atoms with van der Waals surface area (Å²) in [5.74, 6) is 2.77. The lowest BCUT2D eigenvalue weighted by atomic mass is 10.2. The van der Waals surface area contributed by atoms with E-state index < -0.39 is 0 Å². The minimum absolute atomic E-state index is 0.213. The summed E-state index contributed by atoms with van der Waals surface area (Å²) in [7, 11) is 0. The van der Waals surface area contributed by atoms with Gasteiger partial charge in [-0.05, 0) is 24.3 Å². The van der Waals surface area contributed by atoms with Gasteiger partial charge in [-0.2, -0.15) is 4.98 Å². The molecule has 0 fully saturated rings. The second kappa shape index (κ2) is 9.89. The van der Waals surface area contributed by atoms with Crippen molar-refractivity contribution in [2.45, 2.75) is 17.5 Å². The topological polar surface area (TPSA) is 78.9 Å². The number of ether oxygens (including phenoxy) is 1. The fourth-order valence-corrected chi connectivity index (χ4v) is 4.17. The molecule has 3 aromatic carbocycles. The van der Waals surface area contributed by atoms with E-state index in [1.165, 1.54) is 11.8 Å². The van der Waals surface area contributed by atoms with E-state index in [1.54, 1.807) is 6.07 Å². The molecule has 5 aromatic rings. The Balaban J connectivity index is 1.36. The van der Waals surface area contributed by atoms with Crippen LogP contribution in [0.25, 0.3) is 17.1 Å². The quantitative estimate of drug-likeness (QED) is 0.261. The number of para-hydroxylation sites is 2. The first kappa shape index (κ1) is 21.2. The minimum Gasteiger partial charge on any atom is -0.484 e. The van der Waals surface area contributed by atoms with Crippen LogP contribution in [0.3, 0.4) is 0 Å². The van der Waals surface area contributed by atoms with E-state index in [0.29, 0.717) is 39.2 Å². The molecule has 0 N–H and O–H groups in total. The van der Waals surface area contributed by atoms with Gasteiger partial charge in [-0.25, -0.2) is 0 Å². The molecule has 0 spiro atoms. The molecule has 9 heteroatoms. The van der Waals surface area contributed by atoms with E-state index in [0.717, 1.165) is 11.3 Å².